The predicted octanol–water partition coefficient (Wildman–Crippen LogP) is 4.19. The Bertz CT molecular complexity index is 675. The van der Waals surface area contributed by atoms with Crippen molar-refractivity contribution in [1.29, 1.82) is 0 Å². The minimum absolute atomic E-state index is 0.430. The predicted molar refractivity (Wildman–Crippen MR) is 93.0 cm³/mol. The number of carbonyl (C=O) groups is 1. The number of nitrogens with one attached hydrogen (secondary N) is 1. The maximum absolute atomic E-state index is 12.0. The molecule has 0 aliphatic rings. The average molecular weight is 329 g/mol. The standard InChI is InChI=1S/C19H23NO4/c1-19(2,3)24-23-18(21)15-6-5-7-16(12-15)20-13-14-8-10-17(22-4)11-9-14/h5-12,20H,13H2,1-4H3. The summed E-state index contributed by atoms with van der Waals surface area (Å²) in [5.41, 5.74) is 1.83. The Morgan fingerprint density at radius 1 is 1.08 bits per heavy atom. The number of carbonyl (C=O) groups excluding carboxylic acids is 1. The van der Waals surface area contributed by atoms with Gasteiger partial charge in [0.15, 0.2) is 0 Å². The van der Waals surface area contributed by atoms with E-state index in [1.165, 1.54) is 0 Å². The Labute approximate surface area is 142 Å². The molecule has 0 atom stereocenters. The van der Waals surface area contributed by atoms with Gasteiger partial charge in [0, 0.05) is 12.2 Å². The molecule has 0 bridgehead atoms. The van der Waals surface area contributed by atoms with E-state index in [0.717, 1.165) is 17.0 Å². The van der Waals surface area contributed by atoms with Gasteiger partial charge >= 0.3 is 5.97 Å². The second-order valence-electron chi connectivity index (χ2n) is 6.35. The van der Waals surface area contributed by atoms with Crippen LogP contribution in [0.2, 0.25) is 0 Å². The largest absolute Gasteiger partial charge is 0.497 e. The summed E-state index contributed by atoms with van der Waals surface area (Å²) in [7, 11) is 1.64. The molecular formula is C19H23NO4. The Balaban J connectivity index is 1.95. The summed E-state index contributed by atoms with van der Waals surface area (Å²) < 4.78 is 5.14. The van der Waals surface area contributed by atoms with Crippen LogP contribution < -0.4 is 10.1 Å². The first-order valence-corrected chi connectivity index (χ1v) is 7.74. The molecule has 0 saturated heterocycles. The van der Waals surface area contributed by atoms with E-state index in [1.807, 2.05) is 51.1 Å². The van der Waals surface area contributed by atoms with Crippen molar-refractivity contribution in [2.75, 3.05) is 12.4 Å². The molecule has 0 heterocycles. The first kappa shape index (κ1) is 17.8. The van der Waals surface area contributed by atoms with Gasteiger partial charge in [0.05, 0.1) is 12.7 Å². The normalized spacial score (nSPS) is 11.0. The van der Waals surface area contributed by atoms with Gasteiger partial charge in [-0.3, -0.25) is 4.89 Å². The van der Waals surface area contributed by atoms with Gasteiger partial charge in [0.1, 0.15) is 11.4 Å². The third kappa shape index (κ3) is 5.59. The van der Waals surface area contributed by atoms with Crippen LogP contribution in [-0.4, -0.2) is 18.7 Å². The summed E-state index contributed by atoms with van der Waals surface area (Å²) in [6.07, 6.45) is 0. The fraction of sp³-hybridized carbons (Fsp3) is 0.316. The van der Waals surface area contributed by atoms with Crippen molar-refractivity contribution in [2.45, 2.75) is 32.9 Å². The number of anilines is 1. The first-order chi connectivity index (χ1) is 11.4. The van der Waals surface area contributed by atoms with Crippen molar-refractivity contribution in [1.82, 2.24) is 0 Å². The molecule has 2 rings (SSSR count). The van der Waals surface area contributed by atoms with E-state index in [1.54, 1.807) is 25.3 Å². The molecule has 0 amide bonds. The molecule has 5 nitrogen and oxygen atoms in total. The lowest BCUT2D eigenvalue weighted by molar-refractivity contribution is -0.301. The number of ether oxygens (including phenoxy) is 1. The van der Waals surface area contributed by atoms with Crippen LogP contribution in [0.4, 0.5) is 5.69 Å². The van der Waals surface area contributed by atoms with Gasteiger partial charge in [-0.25, -0.2) is 4.79 Å². The molecule has 0 radical (unpaired) electrons. The van der Waals surface area contributed by atoms with Crippen LogP contribution in [-0.2, 0) is 16.3 Å². The third-order valence-corrected chi connectivity index (χ3v) is 3.12. The molecule has 5 heteroatoms. The molecule has 0 unspecified atom stereocenters. The molecule has 24 heavy (non-hydrogen) atoms. The summed E-state index contributed by atoms with van der Waals surface area (Å²) in [6.45, 7) is 6.08. The Kier molecular flexibility index (Phi) is 5.82. The van der Waals surface area contributed by atoms with Crippen LogP contribution in [0.3, 0.4) is 0 Å². The SMILES string of the molecule is COc1ccc(CNc2cccc(C(=O)OOC(C)(C)C)c2)cc1. The van der Waals surface area contributed by atoms with Gasteiger partial charge in [0.2, 0.25) is 0 Å². The summed E-state index contributed by atoms with van der Waals surface area (Å²) in [5.74, 6) is 0.306. The molecule has 0 saturated carbocycles. The van der Waals surface area contributed by atoms with Gasteiger partial charge in [-0.1, -0.05) is 18.2 Å². The van der Waals surface area contributed by atoms with Crippen LogP contribution in [0.5, 0.6) is 5.75 Å². The van der Waals surface area contributed by atoms with E-state index in [-0.39, 0.29) is 0 Å². The van der Waals surface area contributed by atoms with Gasteiger partial charge in [-0.15, -0.1) is 0 Å². The zero-order valence-electron chi connectivity index (χ0n) is 14.5. The van der Waals surface area contributed by atoms with Crippen molar-refractivity contribution in [3.63, 3.8) is 0 Å². The topological polar surface area (TPSA) is 56.8 Å². The van der Waals surface area contributed by atoms with E-state index in [2.05, 4.69) is 5.32 Å². The smallest absolute Gasteiger partial charge is 0.373 e. The molecule has 128 valence electrons. The fourth-order valence-electron chi connectivity index (χ4n) is 1.91. The van der Waals surface area contributed by atoms with E-state index in [0.29, 0.717) is 12.1 Å². The Morgan fingerprint density at radius 3 is 2.42 bits per heavy atom. The molecule has 0 fully saturated rings. The quantitative estimate of drug-likeness (QED) is 0.636. The van der Waals surface area contributed by atoms with Crippen molar-refractivity contribution in [3.05, 3.63) is 59.7 Å². The highest BCUT2D eigenvalue weighted by Crippen LogP contribution is 2.16. The van der Waals surface area contributed by atoms with Gasteiger partial charge in [-0.05, 0) is 56.7 Å². The van der Waals surface area contributed by atoms with Crippen molar-refractivity contribution < 1.29 is 19.3 Å². The summed E-state index contributed by atoms with van der Waals surface area (Å²) >= 11 is 0. The number of hydrogen-bond donors (Lipinski definition) is 1. The first-order valence-electron chi connectivity index (χ1n) is 7.74. The fourth-order valence-corrected chi connectivity index (χ4v) is 1.91. The van der Waals surface area contributed by atoms with Gasteiger partial charge in [0.25, 0.3) is 0 Å². The van der Waals surface area contributed by atoms with Crippen LogP contribution in [0.1, 0.15) is 36.7 Å². The molecule has 0 spiro atoms. The number of hydrogen-bond acceptors (Lipinski definition) is 5. The maximum atomic E-state index is 12.0. The molecule has 1 N–H and O–H groups in total. The molecular weight excluding hydrogens is 306 g/mol. The van der Waals surface area contributed by atoms with Gasteiger partial charge < -0.3 is 10.1 Å². The van der Waals surface area contributed by atoms with Crippen LogP contribution in [0.25, 0.3) is 0 Å². The van der Waals surface area contributed by atoms with Gasteiger partial charge in [-0.2, -0.15) is 4.89 Å². The molecule has 2 aromatic rings. The second kappa shape index (κ2) is 7.84. The summed E-state index contributed by atoms with van der Waals surface area (Å²) in [4.78, 5) is 21.9. The van der Waals surface area contributed by atoms with E-state index < -0.39 is 11.6 Å². The highest BCUT2D eigenvalue weighted by Gasteiger charge is 2.16. The lowest BCUT2D eigenvalue weighted by Gasteiger charge is -2.16. The van der Waals surface area contributed by atoms with Crippen LogP contribution >= 0.6 is 0 Å². The molecule has 2 aromatic carbocycles. The number of benzene rings is 2. The molecule has 0 aliphatic heterocycles. The minimum atomic E-state index is -0.542. The van der Waals surface area contributed by atoms with E-state index in [9.17, 15) is 4.79 Å². The van der Waals surface area contributed by atoms with Crippen LogP contribution in [0.15, 0.2) is 48.5 Å². The highest BCUT2D eigenvalue weighted by atomic mass is 17.2. The van der Waals surface area contributed by atoms with Crippen molar-refractivity contribution in [2.24, 2.45) is 0 Å². The molecule has 0 aromatic heterocycles. The zero-order chi connectivity index (χ0) is 17.6. The van der Waals surface area contributed by atoms with Crippen molar-refractivity contribution in [3.8, 4) is 5.75 Å². The van der Waals surface area contributed by atoms with E-state index in [4.69, 9.17) is 14.5 Å². The van der Waals surface area contributed by atoms with Crippen LogP contribution in [0, 0.1) is 0 Å². The lowest BCUT2D eigenvalue weighted by atomic mass is 10.2. The average Bonchev–Trinajstić information content (AvgIpc) is 2.58. The maximum Gasteiger partial charge on any atom is 0.373 e. The minimum Gasteiger partial charge on any atom is -0.497 e. The summed E-state index contributed by atoms with van der Waals surface area (Å²) in [5, 5.41) is 3.28. The number of rotatable bonds is 6. The summed E-state index contributed by atoms with van der Waals surface area (Å²) in [6, 6.07) is 14.9. The van der Waals surface area contributed by atoms with E-state index >= 15 is 0 Å². The monoisotopic (exact) mass is 329 g/mol. The third-order valence-electron chi connectivity index (χ3n) is 3.12. The molecule has 0 aliphatic carbocycles. The number of methoxy groups -OCH3 is 1. The van der Waals surface area contributed by atoms with Crippen molar-refractivity contribution >= 4 is 11.7 Å². The zero-order valence-corrected chi connectivity index (χ0v) is 14.5. The Morgan fingerprint density at radius 2 is 1.79 bits per heavy atom. The Hall–Kier alpha value is -2.53. The highest BCUT2D eigenvalue weighted by molar-refractivity contribution is 5.90. The lowest BCUT2D eigenvalue weighted by Crippen LogP contribution is -2.22. The second-order valence-corrected chi connectivity index (χ2v) is 6.35.